The Labute approximate surface area is 139 Å². The highest BCUT2D eigenvalue weighted by Crippen LogP contribution is 2.23. The minimum absolute atomic E-state index is 0.253. The summed E-state index contributed by atoms with van der Waals surface area (Å²) < 4.78 is 26.2. The van der Waals surface area contributed by atoms with Gasteiger partial charge in [-0.05, 0) is 30.7 Å². The van der Waals surface area contributed by atoms with Crippen molar-refractivity contribution in [2.24, 2.45) is 15.8 Å². The molecule has 0 saturated heterocycles. The van der Waals surface area contributed by atoms with E-state index in [0.717, 1.165) is 12.1 Å². The fourth-order valence-corrected chi connectivity index (χ4v) is 2.12. The Morgan fingerprint density at radius 2 is 2.17 bits per heavy atom. The molecule has 1 heterocycles. The van der Waals surface area contributed by atoms with Crippen molar-refractivity contribution in [2.75, 3.05) is 6.54 Å². The Morgan fingerprint density at radius 3 is 2.79 bits per heavy atom. The summed E-state index contributed by atoms with van der Waals surface area (Å²) >= 11 is 0. The van der Waals surface area contributed by atoms with Gasteiger partial charge in [-0.3, -0.25) is 0 Å². The third-order valence-corrected chi connectivity index (χ3v) is 3.29. The molecule has 0 aliphatic carbocycles. The van der Waals surface area contributed by atoms with Crippen molar-refractivity contribution < 1.29 is 8.78 Å². The van der Waals surface area contributed by atoms with E-state index in [2.05, 4.69) is 28.6 Å². The van der Waals surface area contributed by atoms with Crippen LogP contribution in [0.3, 0.4) is 0 Å². The van der Waals surface area contributed by atoms with E-state index in [9.17, 15) is 8.78 Å². The lowest BCUT2D eigenvalue weighted by Gasteiger charge is -2.27. The average molecular weight is 331 g/mol. The normalized spacial score (nSPS) is 14.7. The average Bonchev–Trinajstić information content (AvgIpc) is 2.57. The van der Waals surface area contributed by atoms with Crippen LogP contribution in [0, 0.1) is 11.6 Å². The van der Waals surface area contributed by atoms with Crippen molar-refractivity contribution in [2.45, 2.75) is 13.5 Å². The van der Waals surface area contributed by atoms with Gasteiger partial charge in [-0.1, -0.05) is 19.2 Å². The fourth-order valence-electron chi connectivity index (χ4n) is 2.12. The van der Waals surface area contributed by atoms with E-state index in [1.807, 2.05) is 0 Å². The molecule has 1 aromatic rings. The molecule has 0 saturated carbocycles. The molecule has 3 N–H and O–H groups in total. The first-order valence-corrected chi connectivity index (χ1v) is 7.30. The maximum atomic E-state index is 13.3. The van der Waals surface area contributed by atoms with E-state index < -0.39 is 11.6 Å². The molecule has 1 aromatic carbocycles. The first kappa shape index (κ1) is 17.6. The van der Waals surface area contributed by atoms with Gasteiger partial charge in [0.2, 0.25) is 0 Å². The van der Waals surface area contributed by atoms with Crippen molar-refractivity contribution in [3.05, 3.63) is 71.8 Å². The number of benzene rings is 1. The van der Waals surface area contributed by atoms with Crippen LogP contribution in [-0.4, -0.2) is 23.5 Å². The molecule has 0 fully saturated rings. The number of aliphatic imine (C=N–C) groups is 1. The van der Waals surface area contributed by atoms with Crippen molar-refractivity contribution >= 4 is 11.9 Å². The van der Waals surface area contributed by atoms with E-state index in [-0.39, 0.29) is 13.1 Å². The number of hydrogen-bond donors (Lipinski definition) is 2. The zero-order chi connectivity index (χ0) is 17.7. The summed E-state index contributed by atoms with van der Waals surface area (Å²) in [5.74, 6) is -1.35. The van der Waals surface area contributed by atoms with Gasteiger partial charge in [0.25, 0.3) is 0 Å². The molecule has 2 rings (SSSR count). The highest BCUT2D eigenvalue weighted by Gasteiger charge is 2.20. The maximum Gasteiger partial charge on any atom is 0.159 e. The first-order valence-electron chi connectivity index (χ1n) is 7.30. The lowest BCUT2D eigenvalue weighted by Crippen LogP contribution is -2.29. The van der Waals surface area contributed by atoms with E-state index in [0.29, 0.717) is 28.5 Å². The third kappa shape index (κ3) is 3.94. The summed E-state index contributed by atoms with van der Waals surface area (Å²) in [6, 6.07) is 3.73. The summed E-state index contributed by atoms with van der Waals surface area (Å²) in [5.41, 5.74) is 8.05. The predicted molar refractivity (Wildman–Crippen MR) is 92.1 cm³/mol. The molecular formula is C17H19F2N5. The number of nitrogens with zero attached hydrogens (tertiary/aromatic N) is 3. The van der Waals surface area contributed by atoms with Gasteiger partial charge in [0.05, 0.1) is 17.1 Å². The van der Waals surface area contributed by atoms with Crippen LogP contribution in [-0.2, 0) is 6.54 Å². The SMILES string of the molecule is C=C(NCc1ccc(F)c(F)c1)C1=CC(CN)=NC(=C)N1/N=C\C. The van der Waals surface area contributed by atoms with Gasteiger partial charge in [-0.15, -0.1) is 0 Å². The van der Waals surface area contributed by atoms with Gasteiger partial charge < -0.3 is 11.1 Å². The quantitative estimate of drug-likeness (QED) is 0.788. The number of hydrogen-bond acceptors (Lipinski definition) is 5. The van der Waals surface area contributed by atoms with Gasteiger partial charge in [0, 0.05) is 19.3 Å². The Kier molecular flexibility index (Phi) is 5.59. The Bertz CT molecular complexity index is 749. The summed E-state index contributed by atoms with van der Waals surface area (Å²) in [7, 11) is 0. The minimum Gasteiger partial charge on any atom is -0.380 e. The smallest absolute Gasteiger partial charge is 0.159 e. The zero-order valence-corrected chi connectivity index (χ0v) is 13.4. The van der Waals surface area contributed by atoms with Gasteiger partial charge in [-0.2, -0.15) is 5.10 Å². The lowest BCUT2D eigenvalue weighted by atomic mass is 10.2. The fraction of sp³-hybridized carbons (Fsp3) is 0.176. The highest BCUT2D eigenvalue weighted by molar-refractivity contribution is 5.99. The molecule has 0 aromatic heterocycles. The van der Waals surface area contributed by atoms with Crippen LogP contribution >= 0.6 is 0 Å². The third-order valence-electron chi connectivity index (χ3n) is 3.29. The lowest BCUT2D eigenvalue weighted by molar-refractivity contribution is 0.450. The zero-order valence-electron chi connectivity index (χ0n) is 13.4. The van der Waals surface area contributed by atoms with Crippen molar-refractivity contribution in [1.29, 1.82) is 0 Å². The monoisotopic (exact) mass is 331 g/mol. The van der Waals surface area contributed by atoms with Gasteiger partial charge in [0.1, 0.15) is 5.82 Å². The molecule has 7 heteroatoms. The van der Waals surface area contributed by atoms with E-state index in [1.54, 1.807) is 19.2 Å². The van der Waals surface area contributed by atoms with Crippen LogP contribution < -0.4 is 11.1 Å². The molecule has 0 atom stereocenters. The largest absolute Gasteiger partial charge is 0.380 e. The topological polar surface area (TPSA) is 66.0 Å². The summed E-state index contributed by atoms with van der Waals surface area (Å²) in [5, 5.41) is 8.79. The predicted octanol–water partition coefficient (Wildman–Crippen LogP) is 2.64. The van der Waals surface area contributed by atoms with Crippen molar-refractivity contribution in [1.82, 2.24) is 10.3 Å². The van der Waals surface area contributed by atoms with Crippen LogP contribution in [0.2, 0.25) is 0 Å². The van der Waals surface area contributed by atoms with E-state index in [1.165, 1.54) is 11.1 Å². The van der Waals surface area contributed by atoms with E-state index >= 15 is 0 Å². The molecule has 0 unspecified atom stereocenters. The molecule has 0 amide bonds. The summed E-state index contributed by atoms with van der Waals surface area (Å²) in [4.78, 5) is 4.25. The molecular weight excluding hydrogens is 312 g/mol. The molecule has 1 aliphatic rings. The van der Waals surface area contributed by atoms with Crippen LogP contribution in [0.1, 0.15) is 12.5 Å². The van der Waals surface area contributed by atoms with Crippen molar-refractivity contribution in [3.8, 4) is 0 Å². The Hall–Kier alpha value is -2.80. The molecule has 0 bridgehead atoms. The van der Waals surface area contributed by atoms with Gasteiger partial charge in [-0.25, -0.2) is 18.8 Å². The van der Waals surface area contributed by atoms with Crippen LogP contribution in [0.4, 0.5) is 8.78 Å². The number of hydrazone groups is 1. The van der Waals surface area contributed by atoms with E-state index in [4.69, 9.17) is 5.73 Å². The standard InChI is InChI=1S/C17H19F2N5/c1-4-22-24-12(3)23-14(9-20)8-17(24)11(2)21-10-13-5-6-15(18)16(19)7-13/h4-8,21H,2-3,9-10,20H2,1H3/b22-4-. The Morgan fingerprint density at radius 1 is 1.42 bits per heavy atom. The maximum absolute atomic E-state index is 13.3. The molecule has 1 aliphatic heterocycles. The van der Waals surface area contributed by atoms with Crippen LogP contribution in [0.25, 0.3) is 0 Å². The summed E-state index contributed by atoms with van der Waals surface area (Å²) in [6.07, 6.45) is 3.35. The minimum atomic E-state index is -0.889. The number of nitrogens with one attached hydrogen (secondary N) is 1. The number of nitrogens with two attached hydrogens (primary N) is 1. The highest BCUT2D eigenvalue weighted by atomic mass is 19.2. The van der Waals surface area contributed by atoms with Gasteiger partial charge >= 0.3 is 0 Å². The van der Waals surface area contributed by atoms with Crippen LogP contribution in [0.15, 0.2) is 64.7 Å². The number of halogens is 2. The molecule has 126 valence electrons. The van der Waals surface area contributed by atoms with Crippen molar-refractivity contribution in [3.63, 3.8) is 0 Å². The van der Waals surface area contributed by atoms with Crippen LogP contribution in [0.5, 0.6) is 0 Å². The Balaban J connectivity index is 2.16. The molecule has 5 nitrogen and oxygen atoms in total. The second-order valence-corrected chi connectivity index (χ2v) is 5.02. The number of rotatable bonds is 6. The molecule has 0 radical (unpaired) electrons. The molecule has 0 spiro atoms. The second-order valence-electron chi connectivity index (χ2n) is 5.02. The summed E-state index contributed by atoms with van der Waals surface area (Å²) in [6.45, 7) is 10.1. The van der Waals surface area contributed by atoms with Gasteiger partial charge in [0.15, 0.2) is 11.6 Å². The second kappa shape index (κ2) is 7.65. The molecule has 24 heavy (non-hydrogen) atoms. The first-order chi connectivity index (χ1) is 11.5.